The number of nitrogens with one attached hydrogen (secondary N) is 1. The predicted molar refractivity (Wildman–Crippen MR) is 77.3 cm³/mol. The summed E-state index contributed by atoms with van der Waals surface area (Å²) in [6, 6.07) is 5.77. The summed E-state index contributed by atoms with van der Waals surface area (Å²) in [6.07, 6.45) is 2.01. The molecule has 1 aliphatic rings. The van der Waals surface area contributed by atoms with E-state index in [-0.39, 0.29) is 17.6 Å². The highest BCUT2D eigenvalue weighted by Crippen LogP contribution is 2.26. The molecule has 0 aromatic heterocycles. The van der Waals surface area contributed by atoms with E-state index < -0.39 is 10.0 Å². The number of rotatable bonds is 5. The Kier molecular flexibility index (Phi) is 4.91. The molecule has 1 saturated heterocycles. The zero-order chi connectivity index (χ0) is 14.6. The summed E-state index contributed by atoms with van der Waals surface area (Å²) in [5.74, 6) is -0.306. The average molecular weight is 298 g/mol. The lowest BCUT2D eigenvalue weighted by atomic mass is 10.1. The van der Waals surface area contributed by atoms with Crippen LogP contribution in [0.25, 0.3) is 0 Å². The minimum absolute atomic E-state index is 0.0440. The van der Waals surface area contributed by atoms with Crippen LogP contribution < -0.4 is 5.32 Å². The fourth-order valence-corrected chi connectivity index (χ4v) is 4.02. The van der Waals surface area contributed by atoms with Gasteiger partial charge in [0.15, 0.2) is 0 Å². The van der Waals surface area contributed by atoms with Crippen LogP contribution in [0.2, 0.25) is 0 Å². The van der Waals surface area contributed by atoms with Crippen LogP contribution in [0.15, 0.2) is 36.9 Å². The van der Waals surface area contributed by atoms with Gasteiger partial charge in [0.25, 0.3) is 0 Å². The highest BCUT2D eigenvalue weighted by molar-refractivity contribution is 7.89. The maximum atomic E-state index is 13.3. The van der Waals surface area contributed by atoms with Crippen LogP contribution in [0, 0.1) is 5.82 Å². The van der Waals surface area contributed by atoms with Crippen molar-refractivity contribution in [3.8, 4) is 0 Å². The number of hydrogen-bond acceptors (Lipinski definition) is 3. The Hall–Kier alpha value is -1.24. The summed E-state index contributed by atoms with van der Waals surface area (Å²) < 4.78 is 39.6. The van der Waals surface area contributed by atoms with Crippen molar-refractivity contribution in [1.29, 1.82) is 0 Å². The standard InChI is InChI=1S/C14H19FN2O2S/c1-2-3-9-20(18,19)17-8-7-16-11-14(17)12-5-4-6-13(15)10-12/h2,4-6,10,14,16H,1,3,7-9,11H2. The number of hydrogen-bond donors (Lipinski definition) is 1. The van der Waals surface area contributed by atoms with Crippen LogP contribution in [0.1, 0.15) is 18.0 Å². The van der Waals surface area contributed by atoms with Crippen molar-refractivity contribution in [2.75, 3.05) is 25.4 Å². The van der Waals surface area contributed by atoms with Crippen LogP contribution >= 0.6 is 0 Å². The molecule has 0 spiro atoms. The lowest BCUT2D eigenvalue weighted by molar-refractivity contribution is 0.271. The number of halogens is 1. The third kappa shape index (κ3) is 3.45. The van der Waals surface area contributed by atoms with Crippen molar-refractivity contribution in [1.82, 2.24) is 9.62 Å². The van der Waals surface area contributed by atoms with E-state index in [2.05, 4.69) is 11.9 Å². The molecule has 4 nitrogen and oxygen atoms in total. The van der Waals surface area contributed by atoms with Crippen molar-refractivity contribution >= 4 is 10.0 Å². The first kappa shape index (κ1) is 15.2. The van der Waals surface area contributed by atoms with E-state index in [4.69, 9.17) is 0 Å². The average Bonchev–Trinajstić information content (AvgIpc) is 2.45. The monoisotopic (exact) mass is 298 g/mol. The fourth-order valence-electron chi connectivity index (χ4n) is 2.37. The molecule has 1 N–H and O–H groups in total. The van der Waals surface area contributed by atoms with E-state index in [0.717, 1.165) is 0 Å². The predicted octanol–water partition coefficient (Wildman–Crippen LogP) is 1.68. The molecular formula is C14H19FN2O2S. The van der Waals surface area contributed by atoms with Crippen LogP contribution in [0.5, 0.6) is 0 Å². The number of sulfonamides is 1. The van der Waals surface area contributed by atoms with Crippen molar-refractivity contribution < 1.29 is 12.8 Å². The van der Waals surface area contributed by atoms with E-state index >= 15 is 0 Å². The van der Waals surface area contributed by atoms with Gasteiger partial charge in [-0.1, -0.05) is 18.2 Å². The van der Waals surface area contributed by atoms with E-state index in [1.165, 1.54) is 16.4 Å². The summed E-state index contributed by atoms with van der Waals surface area (Å²) in [4.78, 5) is 0. The van der Waals surface area contributed by atoms with Gasteiger partial charge in [-0.05, 0) is 24.1 Å². The first-order valence-electron chi connectivity index (χ1n) is 6.61. The van der Waals surface area contributed by atoms with Crippen molar-refractivity contribution in [2.45, 2.75) is 12.5 Å². The van der Waals surface area contributed by atoms with Gasteiger partial charge in [-0.25, -0.2) is 12.8 Å². The van der Waals surface area contributed by atoms with Gasteiger partial charge in [-0.2, -0.15) is 4.31 Å². The van der Waals surface area contributed by atoms with Gasteiger partial charge in [0, 0.05) is 19.6 Å². The summed E-state index contributed by atoms with van der Waals surface area (Å²) >= 11 is 0. The topological polar surface area (TPSA) is 49.4 Å². The Morgan fingerprint density at radius 2 is 2.30 bits per heavy atom. The molecule has 6 heteroatoms. The molecule has 1 heterocycles. The van der Waals surface area contributed by atoms with Crippen molar-refractivity contribution in [2.24, 2.45) is 0 Å². The summed E-state index contributed by atoms with van der Waals surface area (Å²) in [6.45, 7) is 5.06. The second kappa shape index (κ2) is 6.47. The summed E-state index contributed by atoms with van der Waals surface area (Å²) in [5, 5.41) is 3.16. The van der Waals surface area contributed by atoms with E-state index in [1.54, 1.807) is 18.2 Å². The normalized spacial score (nSPS) is 20.8. The van der Waals surface area contributed by atoms with Crippen LogP contribution in [0.4, 0.5) is 4.39 Å². The molecular weight excluding hydrogens is 279 g/mol. The van der Waals surface area contributed by atoms with Gasteiger partial charge in [0.05, 0.1) is 11.8 Å². The lowest BCUT2D eigenvalue weighted by Gasteiger charge is -2.35. The molecule has 1 aromatic carbocycles. The third-order valence-electron chi connectivity index (χ3n) is 3.36. The molecule has 110 valence electrons. The van der Waals surface area contributed by atoms with Crippen molar-refractivity contribution in [3.05, 3.63) is 48.3 Å². The maximum absolute atomic E-state index is 13.3. The molecule has 1 aliphatic heterocycles. The van der Waals surface area contributed by atoms with Crippen LogP contribution in [-0.4, -0.2) is 38.1 Å². The van der Waals surface area contributed by atoms with E-state index in [0.29, 0.717) is 31.6 Å². The zero-order valence-corrected chi connectivity index (χ0v) is 12.1. The zero-order valence-electron chi connectivity index (χ0n) is 11.3. The Morgan fingerprint density at radius 1 is 1.50 bits per heavy atom. The Labute approximate surface area is 119 Å². The van der Waals surface area contributed by atoms with E-state index in [9.17, 15) is 12.8 Å². The fraction of sp³-hybridized carbons (Fsp3) is 0.429. The molecule has 1 atom stereocenters. The minimum atomic E-state index is -3.36. The Bertz CT molecular complexity index is 574. The number of benzene rings is 1. The molecule has 0 radical (unpaired) electrons. The largest absolute Gasteiger partial charge is 0.313 e. The van der Waals surface area contributed by atoms with Gasteiger partial charge in [-0.15, -0.1) is 6.58 Å². The smallest absolute Gasteiger partial charge is 0.215 e. The minimum Gasteiger partial charge on any atom is -0.313 e. The molecule has 1 unspecified atom stereocenters. The molecule has 0 aliphatic carbocycles. The first-order chi connectivity index (χ1) is 9.54. The molecule has 1 fully saturated rings. The van der Waals surface area contributed by atoms with Gasteiger partial charge < -0.3 is 5.32 Å². The number of piperazine rings is 1. The van der Waals surface area contributed by atoms with Crippen LogP contribution in [-0.2, 0) is 10.0 Å². The van der Waals surface area contributed by atoms with Gasteiger partial charge in [0.2, 0.25) is 10.0 Å². The number of allylic oxidation sites excluding steroid dienone is 1. The Morgan fingerprint density at radius 3 is 3.00 bits per heavy atom. The highest BCUT2D eigenvalue weighted by Gasteiger charge is 2.32. The van der Waals surface area contributed by atoms with Gasteiger partial charge in [-0.3, -0.25) is 0 Å². The SMILES string of the molecule is C=CCCS(=O)(=O)N1CCNCC1c1cccc(F)c1. The summed E-state index contributed by atoms with van der Waals surface area (Å²) in [5.41, 5.74) is 0.680. The van der Waals surface area contributed by atoms with Crippen molar-refractivity contribution in [3.63, 3.8) is 0 Å². The molecule has 1 aromatic rings. The van der Waals surface area contributed by atoms with E-state index in [1.807, 2.05) is 0 Å². The van der Waals surface area contributed by atoms with Crippen LogP contribution in [0.3, 0.4) is 0 Å². The maximum Gasteiger partial charge on any atom is 0.215 e. The second-order valence-corrected chi connectivity index (χ2v) is 6.82. The van der Waals surface area contributed by atoms with Gasteiger partial charge in [0.1, 0.15) is 5.82 Å². The second-order valence-electron chi connectivity index (χ2n) is 4.78. The Balaban J connectivity index is 2.27. The third-order valence-corrected chi connectivity index (χ3v) is 5.27. The molecule has 2 rings (SSSR count). The highest BCUT2D eigenvalue weighted by atomic mass is 32.2. The molecule has 0 bridgehead atoms. The first-order valence-corrected chi connectivity index (χ1v) is 8.22. The number of nitrogens with zero attached hydrogens (tertiary/aromatic N) is 1. The quantitative estimate of drug-likeness (QED) is 0.841. The lowest BCUT2D eigenvalue weighted by Crippen LogP contribution is -2.49. The van der Waals surface area contributed by atoms with Gasteiger partial charge >= 0.3 is 0 Å². The summed E-state index contributed by atoms with van der Waals surface area (Å²) in [7, 11) is -3.36. The molecule has 0 saturated carbocycles. The molecule has 0 amide bonds. The molecule has 20 heavy (non-hydrogen) atoms.